The van der Waals surface area contributed by atoms with Crippen molar-refractivity contribution in [2.45, 2.75) is 24.2 Å². The normalized spacial score (nSPS) is 19.6. The Bertz CT molecular complexity index is 964. The van der Waals surface area contributed by atoms with Crippen LogP contribution in [0, 0.1) is 11.7 Å². The van der Waals surface area contributed by atoms with Crippen molar-refractivity contribution in [3.05, 3.63) is 52.5 Å². The molecule has 2 saturated heterocycles. The molecule has 168 valence electrons. The lowest BCUT2D eigenvalue weighted by atomic mass is 9.96. The van der Waals surface area contributed by atoms with E-state index in [1.807, 2.05) is 4.90 Å². The molecule has 0 atom stereocenters. The molecular weight excluding hydrogens is 437 g/mol. The van der Waals surface area contributed by atoms with Gasteiger partial charge in [0.15, 0.2) is 0 Å². The van der Waals surface area contributed by atoms with Crippen molar-refractivity contribution in [3.63, 3.8) is 0 Å². The summed E-state index contributed by atoms with van der Waals surface area (Å²) in [6.45, 7) is 4.88. The first kappa shape index (κ1) is 22.4. The van der Waals surface area contributed by atoms with Crippen molar-refractivity contribution in [3.8, 4) is 0 Å². The number of hydrogen-bond acceptors (Lipinski definition) is 5. The van der Waals surface area contributed by atoms with Gasteiger partial charge in [-0.1, -0.05) is 6.07 Å². The van der Waals surface area contributed by atoms with E-state index in [9.17, 15) is 17.6 Å². The maximum absolute atomic E-state index is 13.1. The van der Waals surface area contributed by atoms with E-state index in [0.29, 0.717) is 25.9 Å². The van der Waals surface area contributed by atoms with Gasteiger partial charge in [0.2, 0.25) is 15.9 Å². The molecule has 0 spiro atoms. The fourth-order valence-electron chi connectivity index (χ4n) is 4.27. The van der Waals surface area contributed by atoms with E-state index in [4.69, 9.17) is 0 Å². The molecule has 0 aliphatic carbocycles. The summed E-state index contributed by atoms with van der Waals surface area (Å²) in [5.74, 6) is -0.441. The van der Waals surface area contributed by atoms with Crippen molar-refractivity contribution in [1.29, 1.82) is 0 Å². The molecule has 2 aromatic rings. The van der Waals surface area contributed by atoms with E-state index >= 15 is 0 Å². The first-order valence-corrected chi connectivity index (χ1v) is 13.0. The van der Waals surface area contributed by atoms with E-state index in [0.717, 1.165) is 51.3 Å². The van der Waals surface area contributed by atoms with Crippen molar-refractivity contribution in [1.82, 2.24) is 14.1 Å². The van der Waals surface area contributed by atoms with Crippen LogP contribution in [0.3, 0.4) is 0 Å². The predicted molar refractivity (Wildman–Crippen MR) is 119 cm³/mol. The lowest BCUT2D eigenvalue weighted by Crippen LogP contribution is -2.52. The Morgan fingerprint density at radius 1 is 1.00 bits per heavy atom. The topological polar surface area (TPSA) is 60.9 Å². The zero-order valence-corrected chi connectivity index (χ0v) is 19.1. The van der Waals surface area contributed by atoms with Crippen LogP contribution in [-0.4, -0.2) is 74.2 Å². The number of nitrogens with zero attached hydrogens (tertiary/aromatic N) is 3. The number of piperidine rings is 1. The summed E-state index contributed by atoms with van der Waals surface area (Å²) < 4.78 is 40.0. The Labute approximate surface area is 187 Å². The summed E-state index contributed by atoms with van der Waals surface area (Å²) in [4.78, 5) is 18.8. The number of sulfonamides is 1. The number of rotatable bonds is 6. The van der Waals surface area contributed by atoms with Crippen LogP contribution in [0.4, 0.5) is 4.39 Å². The highest BCUT2D eigenvalue weighted by Crippen LogP contribution is 2.25. The van der Waals surface area contributed by atoms with Crippen molar-refractivity contribution >= 4 is 27.3 Å². The minimum Gasteiger partial charge on any atom is -0.340 e. The van der Waals surface area contributed by atoms with Gasteiger partial charge in [-0.05, 0) is 55.0 Å². The molecule has 0 saturated carbocycles. The van der Waals surface area contributed by atoms with Gasteiger partial charge in [-0.2, -0.15) is 4.31 Å². The second kappa shape index (κ2) is 9.77. The average molecular weight is 466 g/mol. The first-order chi connectivity index (χ1) is 14.9. The van der Waals surface area contributed by atoms with Gasteiger partial charge >= 0.3 is 0 Å². The Morgan fingerprint density at radius 2 is 1.68 bits per heavy atom. The molecule has 0 unspecified atom stereocenters. The number of piperazine rings is 1. The van der Waals surface area contributed by atoms with E-state index < -0.39 is 15.8 Å². The fraction of sp³-hybridized carbons (Fsp3) is 0.500. The Morgan fingerprint density at radius 3 is 2.29 bits per heavy atom. The standard InChI is InChI=1S/C22H28FN3O3S2/c23-19-3-5-21(6-4-19)31(28,29)26-11-7-18(8-12-26)22(27)25-15-13-24(14-16-25)10-9-20-2-1-17-30-20/h1-6,17-18H,7-16H2. The van der Waals surface area contributed by atoms with Gasteiger partial charge in [-0.3, -0.25) is 9.69 Å². The number of halogens is 1. The summed E-state index contributed by atoms with van der Waals surface area (Å²) in [6, 6.07) is 9.13. The molecule has 0 N–H and O–H groups in total. The molecule has 2 aliphatic heterocycles. The molecule has 0 bridgehead atoms. The zero-order valence-electron chi connectivity index (χ0n) is 17.5. The molecule has 1 aromatic carbocycles. The molecule has 6 nitrogen and oxygen atoms in total. The number of carbonyl (C=O) groups excluding carboxylic acids is 1. The third-order valence-corrected chi connectivity index (χ3v) is 9.04. The van der Waals surface area contributed by atoms with Gasteiger partial charge < -0.3 is 4.90 Å². The Kier molecular flexibility index (Phi) is 7.05. The van der Waals surface area contributed by atoms with Gasteiger partial charge in [0.05, 0.1) is 4.90 Å². The van der Waals surface area contributed by atoms with E-state index in [1.165, 1.54) is 21.3 Å². The molecule has 1 aromatic heterocycles. The van der Waals surface area contributed by atoms with Crippen molar-refractivity contribution in [2.24, 2.45) is 5.92 Å². The summed E-state index contributed by atoms with van der Waals surface area (Å²) >= 11 is 1.78. The number of amides is 1. The SMILES string of the molecule is O=C(C1CCN(S(=O)(=O)c2ccc(F)cc2)CC1)N1CCN(CCc2cccs2)CC1. The van der Waals surface area contributed by atoms with Crippen molar-refractivity contribution < 1.29 is 17.6 Å². The summed E-state index contributed by atoms with van der Waals surface area (Å²) in [6.07, 6.45) is 2.10. The van der Waals surface area contributed by atoms with Crippen molar-refractivity contribution in [2.75, 3.05) is 45.8 Å². The van der Waals surface area contributed by atoms with Gasteiger partial charge in [0.1, 0.15) is 5.82 Å². The smallest absolute Gasteiger partial charge is 0.243 e. The summed E-state index contributed by atoms with van der Waals surface area (Å²) in [7, 11) is -3.65. The van der Waals surface area contributed by atoms with Crippen LogP contribution < -0.4 is 0 Å². The van der Waals surface area contributed by atoms with Gasteiger partial charge in [0, 0.05) is 56.6 Å². The molecule has 2 fully saturated rings. The maximum Gasteiger partial charge on any atom is 0.243 e. The van der Waals surface area contributed by atoms with Crippen LogP contribution in [0.2, 0.25) is 0 Å². The van der Waals surface area contributed by atoms with Gasteiger partial charge in [-0.15, -0.1) is 11.3 Å². The molecule has 9 heteroatoms. The third-order valence-electron chi connectivity index (χ3n) is 6.19. The van der Waals surface area contributed by atoms with Crippen LogP contribution in [-0.2, 0) is 21.2 Å². The Balaban J connectivity index is 1.24. The number of benzene rings is 1. The Hall–Kier alpha value is -1.81. The van der Waals surface area contributed by atoms with Crippen LogP contribution in [0.1, 0.15) is 17.7 Å². The molecule has 31 heavy (non-hydrogen) atoms. The fourth-order valence-corrected chi connectivity index (χ4v) is 6.44. The summed E-state index contributed by atoms with van der Waals surface area (Å²) in [5.41, 5.74) is 0. The number of hydrogen-bond donors (Lipinski definition) is 0. The largest absolute Gasteiger partial charge is 0.340 e. The van der Waals surface area contributed by atoms with E-state index in [1.54, 1.807) is 11.3 Å². The van der Waals surface area contributed by atoms with Gasteiger partial charge in [0.25, 0.3) is 0 Å². The average Bonchev–Trinajstić information content (AvgIpc) is 3.32. The minimum atomic E-state index is -3.65. The second-order valence-corrected chi connectivity index (χ2v) is 11.1. The highest BCUT2D eigenvalue weighted by atomic mass is 32.2. The first-order valence-electron chi connectivity index (χ1n) is 10.7. The second-order valence-electron chi connectivity index (χ2n) is 8.13. The molecule has 2 aliphatic rings. The van der Waals surface area contributed by atoms with E-state index in [-0.39, 0.29) is 16.7 Å². The molecule has 0 radical (unpaired) electrons. The minimum absolute atomic E-state index is 0.0948. The predicted octanol–water partition coefficient (Wildman–Crippen LogP) is 2.67. The quantitative estimate of drug-likeness (QED) is 0.658. The molecule has 4 rings (SSSR count). The number of thiophene rings is 1. The molecule has 3 heterocycles. The van der Waals surface area contributed by atoms with Crippen LogP contribution >= 0.6 is 11.3 Å². The van der Waals surface area contributed by atoms with E-state index in [2.05, 4.69) is 22.4 Å². The number of carbonyl (C=O) groups is 1. The van der Waals surface area contributed by atoms with Gasteiger partial charge in [-0.25, -0.2) is 12.8 Å². The van der Waals surface area contributed by atoms with Crippen LogP contribution in [0.25, 0.3) is 0 Å². The highest BCUT2D eigenvalue weighted by molar-refractivity contribution is 7.89. The summed E-state index contributed by atoms with van der Waals surface area (Å²) in [5, 5.41) is 2.10. The zero-order chi connectivity index (χ0) is 21.8. The highest BCUT2D eigenvalue weighted by Gasteiger charge is 2.34. The molecular formula is C22H28FN3O3S2. The lowest BCUT2D eigenvalue weighted by Gasteiger charge is -2.38. The van der Waals surface area contributed by atoms with Crippen LogP contribution in [0.5, 0.6) is 0 Å². The monoisotopic (exact) mass is 465 g/mol. The lowest BCUT2D eigenvalue weighted by molar-refractivity contribution is -0.138. The maximum atomic E-state index is 13.1. The molecule has 1 amide bonds. The third kappa shape index (κ3) is 5.34. The van der Waals surface area contributed by atoms with Crippen LogP contribution in [0.15, 0.2) is 46.7 Å².